The van der Waals surface area contributed by atoms with E-state index in [1.165, 1.54) is 28.7 Å². The topological polar surface area (TPSA) is 80.4 Å². The minimum Gasteiger partial charge on any atom is -0.408 e. The normalized spacial score (nSPS) is 19.0. The number of likely N-dealkylation sites (tertiary alicyclic amines) is 1. The van der Waals surface area contributed by atoms with Crippen molar-refractivity contribution in [3.05, 3.63) is 45.9 Å². The zero-order valence-electron chi connectivity index (χ0n) is 16.1. The van der Waals surface area contributed by atoms with E-state index in [-0.39, 0.29) is 5.91 Å². The number of anilines is 1. The number of aromatic nitrogens is 2. The van der Waals surface area contributed by atoms with Crippen LogP contribution in [0.2, 0.25) is 0 Å². The molecule has 2 aromatic heterocycles. The Hall–Kier alpha value is -2.45. The molecule has 2 unspecified atom stereocenters. The molecule has 1 aromatic carbocycles. The van der Waals surface area contributed by atoms with Gasteiger partial charge in [-0.15, -0.1) is 11.3 Å². The number of fused-ring (bicyclic) bond motifs is 1. The fourth-order valence-corrected chi connectivity index (χ4v) is 4.48. The van der Waals surface area contributed by atoms with Crippen LogP contribution in [-0.4, -0.2) is 33.4 Å². The standard InChI is InChI=1S/C20H24N4O3S/c1-13-6-5-9-23(10-13)11-15-12-28-19(21-15)22-18(25)14(2)24-16-7-3-4-8-17(16)27-20(24)26/h3-4,7-8,12-14H,5-6,9-11H2,1-2H3,(H,21,22,25). The SMILES string of the molecule is CC1CCCN(Cc2csc(NC(=O)C(C)n3c(=O)oc4ccccc43)n2)C1. The molecule has 1 amide bonds. The second kappa shape index (κ2) is 7.89. The maximum absolute atomic E-state index is 12.7. The quantitative estimate of drug-likeness (QED) is 0.709. The first kappa shape index (κ1) is 18.9. The third-order valence-electron chi connectivity index (χ3n) is 5.19. The molecule has 1 N–H and O–H groups in total. The highest BCUT2D eigenvalue weighted by molar-refractivity contribution is 7.13. The van der Waals surface area contributed by atoms with E-state index in [0.717, 1.165) is 31.2 Å². The fourth-order valence-electron chi connectivity index (χ4n) is 3.77. The average Bonchev–Trinajstić information content (AvgIpc) is 3.24. The highest BCUT2D eigenvalue weighted by Gasteiger charge is 2.22. The molecule has 1 fully saturated rings. The Morgan fingerprint density at radius 2 is 2.25 bits per heavy atom. The van der Waals surface area contributed by atoms with E-state index in [1.807, 2.05) is 11.4 Å². The lowest BCUT2D eigenvalue weighted by atomic mass is 10.0. The molecule has 1 aliphatic rings. The molecule has 1 aliphatic heterocycles. The molecule has 0 aliphatic carbocycles. The molecule has 0 bridgehead atoms. The molecule has 148 valence electrons. The van der Waals surface area contributed by atoms with Gasteiger partial charge in [-0.1, -0.05) is 19.1 Å². The van der Waals surface area contributed by atoms with E-state index in [0.29, 0.717) is 16.2 Å². The van der Waals surface area contributed by atoms with Gasteiger partial charge in [-0.3, -0.25) is 14.3 Å². The number of para-hydroxylation sites is 2. The van der Waals surface area contributed by atoms with Crippen LogP contribution in [0.1, 0.15) is 38.4 Å². The number of oxazole rings is 1. The smallest absolute Gasteiger partial charge is 0.408 e. The van der Waals surface area contributed by atoms with Crippen molar-refractivity contribution in [1.29, 1.82) is 0 Å². The molecule has 3 aromatic rings. The fraction of sp³-hybridized carbons (Fsp3) is 0.450. The minimum absolute atomic E-state index is 0.291. The van der Waals surface area contributed by atoms with Gasteiger partial charge in [0.15, 0.2) is 10.7 Å². The monoisotopic (exact) mass is 400 g/mol. The van der Waals surface area contributed by atoms with E-state index in [4.69, 9.17) is 4.42 Å². The van der Waals surface area contributed by atoms with Crippen molar-refractivity contribution in [1.82, 2.24) is 14.5 Å². The van der Waals surface area contributed by atoms with Gasteiger partial charge in [0.1, 0.15) is 6.04 Å². The Balaban J connectivity index is 1.44. The molecule has 0 radical (unpaired) electrons. The first-order valence-electron chi connectivity index (χ1n) is 9.59. The van der Waals surface area contributed by atoms with E-state index in [9.17, 15) is 9.59 Å². The molecule has 8 heteroatoms. The average molecular weight is 401 g/mol. The highest BCUT2D eigenvalue weighted by Crippen LogP contribution is 2.22. The van der Waals surface area contributed by atoms with Crippen molar-refractivity contribution in [3.8, 4) is 0 Å². The second-order valence-corrected chi connectivity index (χ2v) is 8.36. The summed E-state index contributed by atoms with van der Waals surface area (Å²) in [5.74, 6) is -0.112. The maximum atomic E-state index is 12.7. The van der Waals surface area contributed by atoms with Crippen molar-refractivity contribution in [2.24, 2.45) is 5.92 Å². The maximum Gasteiger partial charge on any atom is 0.420 e. The predicted molar refractivity (Wildman–Crippen MR) is 110 cm³/mol. The van der Waals surface area contributed by atoms with Crippen molar-refractivity contribution >= 4 is 33.5 Å². The number of piperidine rings is 1. The van der Waals surface area contributed by atoms with Crippen LogP contribution in [0.25, 0.3) is 11.1 Å². The summed E-state index contributed by atoms with van der Waals surface area (Å²) in [6.07, 6.45) is 2.51. The number of hydrogen-bond donors (Lipinski definition) is 1. The van der Waals surface area contributed by atoms with Crippen LogP contribution in [0.5, 0.6) is 0 Å². The van der Waals surface area contributed by atoms with Crippen LogP contribution in [0.15, 0.2) is 38.9 Å². The number of nitrogens with one attached hydrogen (secondary N) is 1. The molecular weight excluding hydrogens is 376 g/mol. The summed E-state index contributed by atoms with van der Waals surface area (Å²) in [5, 5.41) is 5.38. The van der Waals surface area contributed by atoms with Gasteiger partial charge in [0.25, 0.3) is 0 Å². The number of rotatable bonds is 5. The van der Waals surface area contributed by atoms with Crippen molar-refractivity contribution < 1.29 is 9.21 Å². The first-order chi connectivity index (χ1) is 13.5. The van der Waals surface area contributed by atoms with Crippen LogP contribution in [0.4, 0.5) is 5.13 Å². The van der Waals surface area contributed by atoms with Gasteiger partial charge in [0.2, 0.25) is 5.91 Å². The zero-order chi connectivity index (χ0) is 19.7. The lowest BCUT2D eigenvalue weighted by Crippen LogP contribution is -2.33. The molecule has 3 heterocycles. The van der Waals surface area contributed by atoms with Gasteiger partial charge in [-0.25, -0.2) is 9.78 Å². The third kappa shape index (κ3) is 3.88. The second-order valence-electron chi connectivity index (χ2n) is 7.50. The Labute approximate surface area is 167 Å². The molecule has 2 atom stereocenters. The molecule has 28 heavy (non-hydrogen) atoms. The molecule has 0 saturated carbocycles. The Morgan fingerprint density at radius 3 is 3.07 bits per heavy atom. The number of hydrogen-bond acceptors (Lipinski definition) is 6. The number of carbonyl (C=O) groups excluding carboxylic acids is 1. The number of nitrogens with zero attached hydrogens (tertiary/aromatic N) is 3. The summed E-state index contributed by atoms with van der Waals surface area (Å²) in [6.45, 7) is 6.95. The van der Waals surface area contributed by atoms with Crippen molar-refractivity contribution in [3.63, 3.8) is 0 Å². The Morgan fingerprint density at radius 1 is 1.43 bits per heavy atom. The number of benzene rings is 1. The summed E-state index contributed by atoms with van der Waals surface area (Å²) < 4.78 is 6.60. The van der Waals surface area contributed by atoms with Crippen molar-refractivity contribution in [2.45, 2.75) is 39.3 Å². The highest BCUT2D eigenvalue weighted by atomic mass is 32.1. The van der Waals surface area contributed by atoms with Gasteiger partial charge >= 0.3 is 5.76 Å². The van der Waals surface area contributed by atoms with E-state index in [2.05, 4.69) is 22.1 Å². The third-order valence-corrected chi connectivity index (χ3v) is 6.00. The van der Waals surface area contributed by atoms with Crippen LogP contribution < -0.4 is 11.1 Å². The predicted octanol–water partition coefficient (Wildman–Crippen LogP) is 3.48. The number of amides is 1. The molecule has 0 spiro atoms. The molecule has 1 saturated heterocycles. The van der Waals surface area contributed by atoms with Crippen LogP contribution >= 0.6 is 11.3 Å². The minimum atomic E-state index is -0.702. The first-order valence-corrected chi connectivity index (χ1v) is 10.5. The molecule has 7 nitrogen and oxygen atoms in total. The van der Waals surface area contributed by atoms with Gasteiger partial charge < -0.3 is 9.73 Å². The van der Waals surface area contributed by atoms with Gasteiger partial charge in [0, 0.05) is 18.5 Å². The Kier molecular flexibility index (Phi) is 5.32. The summed E-state index contributed by atoms with van der Waals surface area (Å²) in [5.41, 5.74) is 2.04. The number of thiazole rings is 1. The lowest BCUT2D eigenvalue weighted by Gasteiger charge is -2.30. The lowest BCUT2D eigenvalue weighted by molar-refractivity contribution is -0.118. The van der Waals surface area contributed by atoms with E-state index < -0.39 is 11.8 Å². The molecule has 4 rings (SSSR count). The Bertz CT molecular complexity index is 1040. The number of carbonyl (C=O) groups is 1. The largest absolute Gasteiger partial charge is 0.420 e. The van der Waals surface area contributed by atoms with Crippen molar-refractivity contribution in [2.75, 3.05) is 18.4 Å². The van der Waals surface area contributed by atoms with Crippen LogP contribution in [0.3, 0.4) is 0 Å². The molecular formula is C20H24N4O3S. The van der Waals surface area contributed by atoms with Crippen LogP contribution in [-0.2, 0) is 11.3 Å². The summed E-state index contributed by atoms with van der Waals surface area (Å²) >= 11 is 1.41. The summed E-state index contributed by atoms with van der Waals surface area (Å²) in [6, 6.07) is 6.39. The van der Waals surface area contributed by atoms with E-state index in [1.54, 1.807) is 25.1 Å². The van der Waals surface area contributed by atoms with E-state index >= 15 is 0 Å². The van der Waals surface area contributed by atoms with Gasteiger partial charge in [0.05, 0.1) is 11.2 Å². The zero-order valence-corrected chi connectivity index (χ0v) is 16.9. The van der Waals surface area contributed by atoms with Gasteiger partial charge in [-0.05, 0) is 44.4 Å². The van der Waals surface area contributed by atoms with Gasteiger partial charge in [-0.2, -0.15) is 0 Å². The summed E-state index contributed by atoms with van der Waals surface area (Å²) in [4.78, 5) is 31.8. The summed E-state index contributed by atoms with van der Waals surface area (Å²) in [7, 11) is 0. The van der Waals surface area contributed by atoms with Crippen LogP contribution in [0, 0.1) is 5.92 Å².